The molecular weight excluding hydrogens is 428 g/mol. The van der Waals surface area contributed by atoms with E-state index >= 15 is 0 Å². The summed E-state index contributed by atoms with van der Waals surface area (Å²) in [6, 6.07) is 7.35. The van der Waals surface area contributed by atoms with Crippen LogP contribution in [0.5, 0.6) is 5.75 Å². The van der Waals surface area contributed by atoms with Gasteiger partial charge in [-0.05, 0) is 60.9 Å². The Bertz CT molecular complexity index is 1400. The molecule has 0 unspecified atom stereocenters. The molecular formula is C26H32N6O2. The Morgan fingerprint density at radius 2 is 1.88 bits per heavy atom. The molecule has 1 aliphatic heterocycles. The third-order valence-electron chi connectivity index (χ3n) is 7.84. The fourth-order valence-corrected chi connectivity index (χ4v) is 5.73. The highest BCUT2D eigenvalue weighted by Gasteiger charge is 2.30. The van der Waals surface area contributed by atoms with Gasteiger partial charge in [-0.2, -0.15) is 5.10 Å². The number of methoxy groups -OCH3 is 1. The smallest absolute Gasteiger partial charge is 0.326 e. The summed E-state index contributed by atoms with van der Waals surface area (Å²) in [5, 5.41) is 4.32. The van der Waals surface area contributed by atoms with Crippen LogP contribution in [0.2, 0.25) is 0 Å². The Kier molecular flexibility index (Phi) is 5.21. The number of imidazole rings is 1. The standard InChI is InChI=1S/C26H32N6O2/c1-16(2)20-13-23-22(12-21(20)17-11-24(34-3)25-27-15-28-31(25)14-17)29-26(33)32(23)19-7-9-30(10-8-19)18-5-4-6-18/h11-16,18-19H,4-10H2,1-3H3,(H,29,33). The number of hydrogen-bond donors (Lipinski definition) is 1. The quantitative estimate of drug-likeness (QED) is 0.479. The second-order valence-electron chi connectivity index (χ2n) is 10.1. The van der Waals surface area contributed by atoms with Crippen LogP contribution in [0, 0.1) is 0 Å². The number of likely N-dealkylation sites (tertiary alicyclic amines) is 1. The third-order valence-corrected chi connectivity index (χ3v) is 7.84. The van der Waals surface area contributed by atoms with Crippen LogP contribution in [0.3, 0.4) is 0 Å². The summed E-state index contributed by atoms with van der Waals surface area (Å²) in [6.45, 7) is 6.56. The van der Waals surface area contributed by atoms with Gasteiger partial charge in [0.05, 0.1) is 18.1 Å². The average Bonchev–Trinajstić information content (AvgIpc) is 3.40. The minimum Gasteiger partial charge on any atom is -0.493 e. The van der Waals surface area contributed by atoms with Gasteiger partial charge in [0.2, 0.25) is 0 Å². The minimum atomic E-state index is -0.00624. The number of benzene rings is 1. The molecule has 0 bridgehead atoms. The van der Waals surface area contributed by atoms with Crippen LogP contribution in [-0.2, 0) is 0 Å². The van der Waals surface area contributed by atoms with Crippen molar-refractivity contribution in [2.75, 3.05) is 20.2 Å². The number of pyridine rings is 1. The van der Waals surface area contributed by atoms with Crippen LogP contribution < -0.4 is 10.4 Å². The Balaban J connectivity index is 1.42. The molecule has 0 spiro atoms. The number of nitrogens with zero attached hydrogens (tertiary/aromatic N) is 5. The summed E-state index contributed by atoms with van der Waals surface area (Å²) in [5.41, 5.74) is 5.83. The summed E-state index contributed by atoms with van der Waals surface area (Å²) in [5.74, 6) is 0.963. The lowest BCUT2D eigenvalue weighted by Gasteiger charge is -2.42. The van der Waals surface area contributed by atoms with Crippen LogP contribution in [0.1, 0.15) is 63.5 Å². The highest BCUT2D eigenvalue weighted by Crippen LogP contribution is 2.37. The summed E-state index contributed by atoms with van der Waals surface area (Å²) in [7, 11) is 1.65. The van der Waals surface area contributed by atoms with Crippen molar-refractivity contribution in [2.45, 2.75) is 64.0 Å². The van der Waals surface area contributed by atoms with Crippen molar-refractivity contribution >= 4 is 16.7 Å². The SMILES string of the molecule is COc1cc(-c2cc3[nH]c(=O)n(C4CCN(C5CCC5)CC4)c3cc2C(C)C)cn2ncnc12. The van der Waals surface area contributed by atoms with Crippen molar-refractivity contribution < 1.29 is 4.74 Å². The van der Waals surface area contributed by atoms with E-state index in [0.29, 0.717) is 11.4 Å². The summed E-state index contributed by atoms with van der Waals surface area (Å²) in [4.78, 5) is 23.2. The van der Waals surface area contributed by atoms with Crippen LogP contribution >= 0.6 is 0 Å². The first-order valence-corrected chi connectivity index (χ1v) is 12.4. The van der Waals surface area contributed by atoms with Crippen molar-refractivity contribution in [3.05, 3.63) is 46.8 Å². The van der Waals surface area contributed by atoms with Crippen molar-refractivity contribution in [2.24, 2.45) is 0 Å². The Morgan fingerprint density at radius 1 is 1.09 bits per heavy atom. The molecule has 2 fully saturated rings. The second kappa shape index (κ2) is 8.27. The molecule has 1 saturated heterocycles. The van der Waals surface area contributed by atoms with E-state index < -0.39 is 0 Å². The van der Waals surface area contributed by atoms with Crippen molar-refractivity contribution in [1.82, 2.24) is 29.0 Å². The zero-order chi connectivity index (χ0) is 23.4. The number of aromatic nitrogens is 5. The van der Waals surface area contributed by atoms with Crippen molar-refractivity contribution in [1.29, 1.82) is 0 Å². The van der Waals surface area contributed by atoms with E-state index in [1.165, 1.54) is 31.2 Å². The highest BCUT2D eigenvalue weighted by atomic mass is 16.5. The number of fused-ring (bicyclic) bond motifs is 2. The van der Waals surface area contributed by atoms with E-state index in [1.807, 2.05) is 16.8 Å². The predicted molar refractivity (Wildman–Crippen MR) is 133 cm³/mol. The Hall–Kier alpha value is -3.13. The maximum Gasteiger partial charge on any atom is 0.326 e. The van der Waals surface area contributed by atoms with Gasteiger partial charge >= 0.3 is 5.69 Å². The van der Waals surface area contributed by atoms with Crippen molar-refractivity contribution in [3.63, 3.8) is 0 Å². The number of nitrogens with one attached hydrogen (secondary N) is 1. The van der Waals surface area contributed by atoms with Gasteiger partial charge in [-0.25, -0.2) is 14.3 Å². The van der Waals surface area contributed by atoms with Gasteiger partial charge in [-0.1, -0.05) is 20.3 Å². The fraction of sp³-hybridized carbons (Fsp3) is 0.500. The van der Waals surface area contributed by atoms with E-state index in [-0.39, 0.29) is 17.6 Å². The van der Waals surface area contributed by atoms with Gasteiger partial charge in [0, 0.05) is 36.9 Å². The average molecular weight is 461 g/mol. The molecule has 6 rings (SSSR count). The molecule has 8 heteroatoms. The zero-order valence-electron chi connectivity index (χ0n) is 20.1. The first kappa shape index (κ1) is 21.4. The predicted octanol–water partition coefficient (Wildman–Crippen LogP) is 4.36. The maximum absolute atomic E-state index is 13.1. The molecule has 4 heterocycles. The number of piperidine rings is 1. The molecule has 1 aliphatic carbocycles. The largest absolute Gasteiger partial charge is 0.493 e. The van der Waals surface area contributed by atoms with Crippen LogP contribution in [0.25, 0.3) is 27.8 Å². The van der Waals surface area contributed by atoms with Crippen LogP contribution in [0.4, 0.5) is 0 Å². The first-order valence-electron chi connectivity index (χ1n) is 12.4. The molecule has 2 aliphatic rings. The maximum atomic E-state index is 13.1. The van der Waals surface area contributed by atoms with E-state index in [2.05, 4.69) is 45.9 Å². The lowest BCUT2D eigenvalue weighted by atomic mass is 9.89. The molecule has 1 N–H and O–H groups in total. The monoisotopic (exact) mass is 460 g/mol. The van der Waals surface area contributed by atoms with Crippen LogP contribution in [0.15, 0.2) is 35.5 Å². The lowest BCUT2D eigenvalue weighted by molar-refractivity contribution is 0.0868. The van der Waals surface area contributed by atoms with Gasteiger partial charge < -0.3 is 14.6 Å². The number of H-pyrrole nitrogens is 1. The van der Waals surface area contributed by atoms with Gasteiger partial charge in [0.25, 0.3) is 0 Å². The fourth-order valence-electron chi connectivity index (χ4n) is 5.73. The molecule has 1 aromatic carbocycles. The van der Waals surface area contributed by atoms with E-state index in [4.69, 9.17) is 4.74 Å². The summed E-state index contributed by atoms with van der Waals surface area (Å²) >= 11 is 0. The van der Waals surface area contributed by atoms with E-state index in [1.54, 1.807) is 11.6 Å². The summed E-state index contributed by atoms with van der Waals surface area (Å²) in [6.07, 6.45) is 9.60. The molecule has 178 valence electrons. The van der Waals surface area contributed by atoms with Crippen LogP contribution in [-0.4, -0.2) is 55.3 Å². The number of aromatic amines is 1. The zero-order valence-corrected chi connectivity index (χ0v) is 20.1. The third kappa shape index (κ3) is 3.43. The highest BCUT2D eigenvalue weighted by molar-refractivity contribution is 5.85. The van der Waals surface area contributed by atoms with Gasteiger partial charge in [-0.3, -0.25) is 4.57 Å². The molecule has 34 heavy (non-hydrogen) atoms. The first-order chi connectivity index (χ1) is 16.5. The number of ether oxygens (including phenoxy) is 1. The summed E-state index contributed by atoms with van der Waals surface area (Å²) < 4.78 is 9.35. The van der Waals surface area contributed by atoms with Crippen molar-refractivity contribution in [3.8, 4) is 16.9 Å². The minimum absolute atomic E-state index is 0.00624. The van der Waals surface area contributed by atoms with Gasteiger partial charge in [0.1, 0.15) is 6.33 Å². The lowest BCUT2D eigenvalue weighted by Crippen LogP contribution is -2.45. The molecule has 8 nitrogen and oxygen atoms in total. The Labute approximate surface area is 198 Å². The van der Waals surface area contributed by atoms with E-state index in [9.17, 15) is 4.79 Å². The number of rotatable bonds is 5. The van der Waals surface area contributed by atoms with E-state index in [0.717, 1.165) is 54.1 Å². The molecule has 0 radical (unpaired) electrons. The normalized spacial score (nSPS) is 18.2. The molecule has 4 aromatic rings. The van der Waals surface area contributed by atoms with Gasteiger partial charge in [-0.15, -0.1) is 0 Å². The molecule has 0 atom stereocenters. The second-order valence-corrected chi connectivity index (χ2v) is 10.1. The molecule has 3 aromatic heterocycles. The van der Waals surface area contributed by atoms with Gasteiger partial charge in [0.15, 0.2) is 11.4 Å². The molecule has 1 saturated carbocycles. The Morgan fingerprint density at radius 3 is 2.56 bits per heavy atom. The number of hydrogen-bond acceptors (Lipinski definition) is 5. The molecule has 0 amide bonds. The topological polar surface area (TPSA) is 80.5 Å².